The lowest BCUT2D eigenvalue weighted by Crippen LogP contribution is -2.63. The first-order valence-corrected chi connectivity index (χ1v) is 10.2. The second-order valence-corrected chi connectivity index (χ2v) is 7.71. The Hall–Kier alpha value is -3.94. The molecule has 0 bridgehead atoms. The Kier molecular flexibility index (Phi) is 5.76. The number of halogens is 3. The molecule has 1 N–H and O–H groups in total. The van der Waals surface area contributed by atoms with Crippen LogP contribution >= 0.6 is 0 Å². The number of aliphatic imine (C=N–C) groups is 1. The summed E-state index contributed by atoms with van der Waals surface area (Å²) in [5, 5.41) is 1.90. The number of rotatable bonds is 5. The van der Waals surface area contributed by atoms with Crippen LogP contribution in [-0.4, -0.2) is 34.4 Å². The number of carbonyl (C=O) groups is 2. The van der Waals surface area contributed by atoms with Crippen molar-refractivity contribution in [1.29, 1.82) is 0 Å². The third kappa shape index (κ3) is 4.24. The normalized spacial score (nSPS) is 18.2. The van der Waals surface area contributed by atoms with Crippen LogP contribution in [0.1, 0.15) is 27.0 Å². The lowest BCUT2D eigenvalue weighted by molar-refractivity contribution is -0.196. The maximum Gasteiger partial charge on any atom is 0.442 e. The quantitative estimate of drug-likeness (QED) is 0.622. The number of benzene rings is 3. The van der Waals surface area contributed by atoms with E-state index in [0.29, 0.717) is 16.7 Å². The van der Waals surface area contributed by atoms with Crippen LogP contribution in [0.25, 0.3) is 0 Å². The lowest BCUT2D eigenvalue weighted by atomic mass is 10.1. The molecule has 3 aromatic carbocycles. The average molecular weight is 451 g/mol. The van der Waals surface area contributed by atoms with Crippen molar-refractivity contribution in [2.75, 3.05) is 0 Å². The largest absolute Gasteiger partial charge is 0.442 e. The minimum Gasteiger partial charge on any atom is -0.312 e. The molecule has 1 atom stereocenters. The monoisotopic (exact) mass is 451 g/mol. The molecule has 0 unspecified atom stereocenters. The molecule has 1 heterocycles. The molecule has 3 aromatic rings. The van der Waals surface area contributed by atoms with Gasteiger partial charge in [0.15, 0.2) is 0 Å². The van der Waals surface area contributed by atoms with E-state index in [4.69, 9.17) is 0 Å². The molecule has 0 radical (unpaired) electrons. The van der Waals surface area contributed by atoms with Crippen molar-refractivity contribution in [3.05, 3.63) is 107 Å². The molecule has 168 valence electrons. The predicted octanol–water partition coefficient (Wildman–Crippen LogP) is 4.47. The van der Waals surface area contributed by atoms with Crippen LogP contribution in [-0.2, 0) is 11.3 Å². The predicted molar refractivity (Wildman–Crippen MR) is 117 cm³/mol. The van der Waals surface area contributed by atoms with Gasteiger partial charge in [0, 0.05) is 11.1 Å². The molecule has 0 spiro atoms. The van der Waals surface area contributed by atoms with E-state index in [-0.39, 0.29) is 17.9 Å². The molecule has 33 heavy (non-hydrogen) atoms. The molecule has 0 saturated carbocycles. The molecule has 1 aliphatic heterocycles. The van der Waals surface area contributed by atoms with Crippen molar-refractivity contribution in [3.8, 4) is 0 Å². The van der Waals surface area contributed by atoms with Gasteiger partial charge in [0.25, 0.3) is 11.8 Å². The van der Waals surface area contributed by atoms with Crippen LogP contribution in [0.15, 0.2) is 89.9 Å². The SMILES string of the molecule is Cc1cccc(C(=O)N[C@]2(C(F)(F)F)N=C(c3ccccc3)N(Cc3ccccc3)C2=O)c1. The molecular weight excluding hydrogens is 431 g/mol. The zero-order valence-corrected chi connectivity index (χ0v) is 17.6. The van der Waals surface area contributed by atoms with Gasteiger partial charge in [-0.25, -0.2) is 4.99 Å². The van der Waals surface area contributed by atoms with E-state index in [1.165, 1.54) is 12.1 Å². The highest BCUT2D eigenvalue weighted by molar-refractivity contribution is 6.16. The number of hydrogen-bond donors (Lipinski definition) is 1. The van der Waals surface area contributed by atoms with Crippen LogP contribution in [0.3, 0.4) is 0 Å². The molecule has 4 rings (SSSR count). The van der Waals surface area contributed by atoms with Crippen molar-refractivity contribution in [2.24, 2.45) is 4.99 Å². The lowest BCUT2D eigenvalue weighted by Gasteiger charge is -2.29. The fourth-order valence-corrected chi connectivity index (χ4v) is 3.64. The summed E-state index contributed by atoms with van der Waals surface area (Å²) in [6.45, 7) is 1.58. The van der Waals surface area contributed by atoms with Gasteiger partial charge in [-0.3, -0.25) is 14.5 Å². The average Bonchev–Trinajstić information content (AvgIpc) is 3.08. The van der Waals surface area contributed by atoms with Crippen molar-refractivity contribution < 1.29 is 22.8 Å². The van der Waals surface area contributed by atoms with Gasteiger partial charge < -0.3 is 5.32 Å². The van der Waals surface area contributed by atoms with Gasteiger partial charge in [-0.2, -0.15) is 13.2 Å². The van der Waals surface area contributed by atoms with Crippen molar-refractivity contribution in [3.63, 3.8) is 0 Å². The van der Waals surface area contributed by atoms with Crippen LogP contribution in [0.5, 0.6) is 0 Å². The van der Waals surface area contributed by atoms with Gasteiger partial charge in [0.2, 0.25) is 0 Å². The van der Waals surface area contributed by atoms with Crippen molar-refractivity contribution in [1.82, 2.24) is 10.2 Å². The molecule has 1 aliphatic rings. The van der Waals surface area contributed by atoms with E-state index >= 15 is 0 Å². The van der Waals surface area contributed by atoms with E-state index in [0.717, 1.165) is 4.90 Å². The summed E-state index contributed by atoms with van der Waals surface area (Å²) >= 11 is 0. The van der Waals surface area contributed by atoms with E-state index in [1.807, 2.05) is 5.32 Å². The summed E-state index contributed by atoms with van der Waals surface area (Å²) in [6, 6.07) is 22.9. The number of amides is 2. The summed E-state index contributed by atoms with van der Waals surface area (Å²) in [4.78, 5) is 31.0. The molecule has 8 heteroatoms. The van der Waals surface area contributed by atoms with Gasteiger partial charge >= 0.3 is 11.8 Å². The summed E-state index contributed by atoms with van der Waals surface area (Å²) in [5.41, 5.74) is -1.78. The van der Waals surface area contributed by atoms with Gasteiger partial charge in [-0.05, 0) is 24.6 Å². The van der Waals surface area contributed by atoms with Gasteiger partial charge in [-0.1, -0.05) is 78.4 Å². The Labute approximate surface area is 188 Å². The van der Waals surface area contributed by atoms with Gasteiger partial charge in [0.05, 0.1) is 6.54 Å². The van der Waals surface area contributed by atoms with Crippen molar-refractivity contribution >= 4 is 17.6 Å². The maximum absolute atomic E-state index is 14.5. The Morgan fingerprint density at radius 2 is 1.61 bits per heavy atom. The molecule has 5 nitrogen and oxygen atoms in total. The molecule has 0 aliphatic carbocycles. The summed E-state index contributed by atoms with van der Waals surface area (Å²) < 4.78 is 43.4. The molecule has 0 fully saturated rings. The highest BCUT2D eigenvalue weighted by Gasteiger charge is 2.67. The summed E-state index contributed by atoms with van der Waals surface area (Å²) in [5.74, 6) is -2.56. The molecule has 0 aromatic heterocycles. The zero-order valence-electron chi connectivity index (χ0n) is 17.6. The molecule has 0 saturated heterocycles. The Balaban J connectivity index is 1.81. The highest BCUT2D eigenvalue weighted by Crippen LogP contribution is 2.39. The van der Waals surface area contributed by atoms with Crippen LogP contribution < -0.4 is 5.32 Å². The van der Waals surface area contributed by atoms with E-state index < -0.39 is 23.7 Å². The van der Waals surface area contributed by atoms with Crippen LogP contribution in [0, 0.1) is 6.92 Å². The first-order valence-electron chi connectivity index (χ1n) is 10.2. The Morgan fingerprint density at radius 1 is 0.970 bits per heavy atom. The second-order valence-electron chi connectivity index (χ2n) is 7.71. The first-order chi connectivity index (χ1) is 15.7. The molecular formula is C25H20F3N3O2. The third-order valence-corrected chi connectivity index (χ3v) is 5.28. The Bertz CT molecular complexity index is 1210. The minimum absolute atomic E-state index is 0.00407. The number of aryl methyl sites for hydroxylation is 1. The summed E-state index contributed by atoms with van der Waals surface area (Å²) in [6.07, 6.45) is -5.17. The second kappa shape index (κ2) is 8.54. The number of carbonyl (C=O) groups excluding carboxylic acids is 2. The zero-order chi connectivity index (χ0) is 23.6. The van der Waals surface area contributed by atoms with Crippen LogP contribution in [0.2, 0.25) is 0 Å². The number of amidine groups is 1. The fraction of sp³-hybridized carbons (Fsp3) is 0.160. The number of nitrogens with zero attached hydrogens (tertiary/aromatic N) is 2. The molecule has 2 amide bonds. The summed E-state index contributed by atoms with van der Waals surface area (Å²) in [7, 11) is 0. The minimum atomic E-state index is -5.17. The Morgan fingerprint density at radius 3 is 2.21 bits per heavy atom. The topological polar surface area (TPSA) is 61.8 Å². The number of alkyl halides is 3. The smallest absolute Gasteiger partial charge is 0.312 e. The van der Waals surface area contributed by atoms with Gasteiger partial charge in [-0.15, -0.1) is 0 Å². The van der Waals surface area contributed by atoms with E-state index in [1.54, 1.807) is 79.7 Å². The van der Waals surface area contributed by atoms with E-state index in [2.05, 4.69) is 4.99 Å². The fourth-order valence-electron chi connectivity index (χ4n) is 3.64. The van der Waals surface area contributed by atoms with Gasteiger partial charge in [0.1, 0.15) is 5.84 Å². The van der Waals surface area contributed by atoms with Crippen molar-refractivity contribution in [2.45, 2.75) is 25.3 Å². The highest BCUT2D eigenvalue weighted by atomic mass is 19.4. The van der Waals surface area contributed by atoms with E-state index in [9.17, 15) is 22.8 Å². The standard InChI is InChI=1S/C25H20F3N3O2/c1-17-9-8-14-20(15-17)22(32)30-24(25(26,27)28)23(33)31(16-18-10-4-2-5-11-18)21(29-24)19-12-6-3-7-13-19/h2-15H,16H2,1H3,(H,30,32)/t24-/m1/s1. The maximum atomic E-state index is 14.5. The van der Waals surface area contributed by atoms with Crippen LogP contribution in [0.4, 0.5) is 13.2 Å². The number of nitrogens with one attached hydrogen (secondary N) is 1. The number of hydrogen-bond acceptors (Lipinski definition) is 3. The third-order valence-electron chi connectivity index (χ3n) is 5.28. The first kappa shape index (κ1) is 22.3.